The number of hydrogen-bond acceptors (Lipinski definition) is 4. The smallest absolute Gasteiger partial charge is 0.225 e. The average Bonchev–Trinajstić information content (AvgIpc) is 3.16. The van der Waals surface area contributed by atoms with Crippen LogP contribution in [0.1, 0.15) is 12.8 Å². The number of aryl methyl sites for hydroxylation is 1. The van der Waals surface area contributed by atoms with E-state index in [2.05, 4.69) is 15.2 Å². The third-order valence-corrected chi connectivity index (χ3v) is 6.62. The summed E-state index contributed by atoms with van der Waals surface area (Å²) < 4.78 is 16.7. The van der Waals surface area contributed by atoms with E-state index in [1.807, 2.05) is 52.9 Å². The summed E-state index contributed by atoms with van der Waals surface area (Å²) in [6.45, 7) is 4.78. The molecule has 3 aromatic rings. The van der Waals surface area contributed by atoms with Crippen LogP contribution < -0.4 is 10.2 Å². The fourth-order valence-electron chi connectivity index (χ4n) is 4.78. The molecule has 1 aromatic heterocycles. The van der Waals surface area contributed by atoms with Crippen LogP contribution in [-0.4, -0.2) is 59.6 Å². The molecule has 2 aliphatic heterocycles. The van der Waals surface area contributed by atoms with E-state index in [-0.39, 0.29) is 11.7 Å². The lowest BCUT2D eigenvalue weighted by atomic mass is 9.96. The lowest BCUT2D eigenvalue weighted by molar-refractivity contribution is -0.136. The highest BCUT2D eigenvalue weighted by atomic mass is 19.1. The van der Waals surface area contributed by atoms with Gasteiger partial charge in [-0.05, 0) is 56.3 Å². The van der Waals surface area contributed by atoms with Crippen molar-refractivity contribution in [2.24, 2.45) is 13.0 Å². The molecule has 31 heavy (non-hydrogen) atoms. The normalized spacial score (nSPS) is 18.0. The first-order valence-corrected chi connectivity index (χ1v) is 11.1. The Balaban J connectivity index is 1.34. The van der Waals surface area contributed by atoms with Gasteiger partial charge in [-0.3, -0.25) is 4.79 Å². The van der Waals surface area contributed by atoms with Gasteiger partial charge >= 0.3 is 0 Å². The molecule has 5 rings (SSSR count). The van der Waals surface area contributed by atoms with Crippen molar-refractivity contribution in [3.8, 4) is 11.4 Å². The van der Waals surface area contributed by atoms with Crippen LogP contribution in [0.4, 0.5) is 10.1 Å². The second-order valence-electron chi connectivity index (χ2n) is 8.48. The summed E-state index contributed by atoms with van der Waals surface area (Å²) >= 11 is 0. The first-order chi connectivity index (χ1) is 15.1. The van der Waals surface area contributed by atoms with Gasteiger partial charge in [0.2, 0.25) is 5.91 Å². The zero-order valence-corrected chi connectivity index (χ0v) is 17.9. The lowest BCUT2D eigenvalue weighted by Gasteiger charge is -2.38. The molecule has 6 nitrogen and oxygen atoms in total. The van der Waals surface area contributed by atoms with Crippen LogP contribution in [0.15, 0.2) is 42.5 Å². The number of benzene rings is 2. The number of aromatic nitrogens is 2. The molecule has 0 saturated carbocycles. The summed E-state index contributed by atoms with van der Waals surface area (Å²) in [6, 6.07) is 13.1. The number of piperazine rings is 1. The monoisotopic (exact) mass is 421 g/mol. The highest BCUT2D eigenvalue weighted by molar-refractivity contribution is 5.81. The molecule has 2 aromatic carbocycles. The predicted molar refractivity (Wildman–Crippen MR) is 120 cm³/mol. The van der Waals surface area contributed by atoms with Gasteiger partial charge in [-0.2, -0.15) is 0 Å². The Hall–Kier alpha value is -2.93. The number of carbonyl (C=O) groups excluding carboxylic acids is 1. The number of anilines is 1. The number of imidazole rings is 1. The number of para-hydroxylation sites is 2. The molecule has 3 heterocycles. The third-order valence-electron chi connectivity index (χ3n) is 6.62. The van der Waals surface area contributed by atoms with E-state index in [1.165, 1.54) is 6.07 Å². The molecule has 2 aliphatic rings. The maximum absolute atomic E-state index is 14.8. The van der Waals surface area contributed by atoms with Gasteiger partial charge in [0, 0.05) is 44.8 Å². The summed E-state index contributed by atoms with van der Waals surface area (Å²) in [6.07, 6.45) is 1.86. The molecule has 0 radical (unpaired) electrons. The fraction of sp³-hybridized carbons (Fsp3) is 0.417. The zero-order chi connectivity index (χ0) is 21.4. The van der Waals surface area contributed by atoms with Gasteiger partial charge in [-0.1, -0.05) is 12.1 Å². The number of fused-ring (bicyclic) bond motifs is 1. The van der Waals surface area contributed by atoms with Gasteiger partial charge in [-0.25, -0.2) is 9.37 Å². The number of carbonyl (C=O) groups is 1. The van der Waals surface area contributed by atoms with Crippen molar-refractivity contribution in [1.29, 1.82) is 0 Å². The van der Waals surface area contributed by atoms with E-state index in [9.17, 15) is 9.18 Å². The molecule has 0 atom stereocenters. The minimum absolute atomic E-state index is 0.155. The van der Waals surface area contributed by atoms with Gasteiger partial charge in [0.25, 0.3) is 0 Å². The van der Waals surface area contributed by atoms with E-state index < -0.39 is 0 Å². The van der Waals surface area contributed by atoms with Crippen molar-refractivity contribution in [2.45, 2.75) is 12.8 Å². The number of rotatable bonds is 3. The van der Waals surface area contributed by atoms with Crippen molar-refractivity contribution in [1.82, 2.24) is 19.8 Å². The van der Waals surface area contributed by atoms with Crippen LogP contribution in [0.25, 0.3) is 22.4 Å². The first kappa shape index (κ1) is 20.0. The number of nitrogens with zero attached hydrogens (tertiary/aromatic N) is 4. The molecule has 0 aliphatic carbocycles. The van der Waals surface area contributed by atoms with Gasteiger partial charge < -0.3 is 19.7 Å². The molecule has 0 spiro atoms. The fourth-order valence-corrected chi connectivity index (χ4v) is 4.78. The van der Waals surface area contributed by atoms with Gasteiger partial charge in [0.05, 0.1) is 16.6 Å². The highest BCUT2D eigenvalue weighted by Gasteiger charge is 2.28. The van der Waals surface area contributed by atoms with Crippen molar-refractivity contribution in [2.75, 3.05) is 44.2 Å². The van der Waals surface area contributed by atoms with Crippen molar-refractivity contribution in [3.63, 3.8) is 0 Å². The van der Waals surface area contributed by atoms with E-state index in [4.69, 9.17) is 0 Å². The van der Waals surface area contributed by atoms with Crippen LogP contribution in [0.5, 0.6) is 0 Å². The van der Waals surface area contributed by atoms with Crippen LogP contribution >= 0.6 is 0 Å². The van der Waals surface area contributed by atoms with Gasteiger partial charge in [-0.15, -0.1) is 0 Å². The highest BCUT2D eigenvalue weighted by Crippen LogP contribution is 2.30. The lowest BCUT2D eigenvalue weighted by Crippen LogP contribution is -2.51. The van der Waals surface area contributed by atoms with Crippen molar-refractivity contribution < 1.29 is 9.18 Å². The second-order valence-corrected chi connectivity index (χ2v) is 8.48. The summed E-state index contributed by atoms with van der Waals surface area (Å²) in [5.74, 6) is 0.797. The number of hydrogen-bond donors (Lipinski definition) is 1. The molecular formula is C24H28FN5O. The van der Waals surface area contributed by atoms with Gasteiger partial charge in [0.1, 0.15) is 11.6 Å². The van der Waals surface area contributed by atoms with Crippen LogP contribution in [0, 0.1) is 11.7 Å². The maximum Gasteiger partial charge on any atom is 0.225 e. The second kappa shape index (κ2) is 8.30. The quantitative estimate of drug-likeness (QED) is 0.706. The van der Waals surface area contributed by atoms with Gasteiger partial charge in [0.15, 0.2) is 0 Å². The Bertz CT molecular complexity index is 1100. The van der Waals surface area contributed by atoms with E-state index in [0.29, 0.717) is 30.4 Å². The number of piperidine rings is 1. The summed E-state index contributed by atoms with van der Waals surface area (Å²) in [7, 11) is 1.92. The molecule has 1 amide bonds. The molecule has 2 fully saturated rings. The Labute approximate surface area is 181 Å². The minimum atomic E-state index is -0.276. The topological polar surface area (TPSA) is 53.4 Å². The van der Waals surface area contributed by atoms with E-state index in [1.54, 1.807) is 0 Å². The summed E-state index contributed by atoms with van der Waals surface area (Å²) in [5, 5.41) is 3.32. The Morgan fingerprint density at radius 2 is 1.81 bits per heavy atom. The van der Waals surface area contributed by atoms with Crippen LogP contribution in [-0.2, 0) is 11.8 Å². The predicted octanol–water partition coefficient (Wildman–Crippen LogP) is 3.03. The maximum atomic E-state index is 14.8. The molecule has 0 bridgehead atoms. The molecule has 7 heteroatoms. The van der Waals surface area contributed by atoms with E-state index >= 15 is 0 Å². The average molecular weight is 422 g/mol. The number of halogens is 1. The SMILES string of the molecule is Cn1c(-c2cc(N3CCN(C(=O)C4CCNCC4)CC3)ccc2F)nc2ccccc21. The Kier molecular flexibility index (Phi) is 5.36. The molecule has 162 valence electrons. The third kappa shape index (κ3) is 3.78. The molecule has 2 saturated heterocycles. The standard InChI is InChI=1S/C24H28FN5O/c1-28-22-5-3-2-4-21(22)27-23(28)19-16-18(6-7-20(19)25)29-12-14-30(15-13-29)24(31)17-8-10-26-11-9-17/h2-7,16-17,26H,8-15H2,1H3. The molecule has 1 N–H and O–H groups in total. The Morgan fingerprint density at radius 1 is 1.06 bits per heavy atom. The summed E-state index contributed by atoms with van der Waals surface area (Å²) in [4.78, 5) is 21.7. The summed E-state index contributed by atoms with van der Waals surface area (Å²) in [5.41, 5.74) is 3.31. The Morgan fingerprint density at radius 3 is 2.55 bits per heavy atom. The van der Waals surface area contributed by atoms with Crippen molar-refractivity contribution in [3.05, 3.63) is 48.3 Å². The number of nitrogens with one attached hydrogen (secondary N) is 1. The zero-order valence-electron chi connectivity index (χ0n) is 17.9. The van der Waals surface area contributed by atoms with Crippen LogP contribution in [0.3, 0.4) is 0 Å². The number of amides is 1. The molecule has 0 unspecified atom stereocenters. The van der Waals surface area contributed by atoms with Crippen molar-refractivity contribution >= 4 is 22.6 Å². The largest absolute Gasteiger partial charge is 0.368 e. The van der Waals surface area contributed by atoms with E-state index in [0.717, 1.165) is 55.7 Å². The first-order valence-electron chi connectivity index (χ1n) is 11.1. The minimum Gasteiger partial charge on any atom is -0.368 e. The van der Waals surface area contributed by atoms with Crippen LogP contribution in [0.2, 0.25) is 0 Å². The molecular weight excluding hydrogens is 393 g/mol.